The molecule has 0 saturated carbocycles. The Labute approximate surface area is 62.4 Å². The largest absolute Gasteiger partial charge is 0.390 e. The number of aliphatic hydroxyl groups is 1. The van der Waals surface area contributed by atoms with Gasteiger partial charge >= 0.3 is 0 Å². The first-order valence-corrected chi connectivity index (χ1v) is 3.35. The first-order chi connectivity index (χ1) is 4.22. The van der Waals surface area contributed by atoms with Crippen LogP contribution in [0.1, 0.15) is 0 Å². The van der Waals surface area contributed by atoms with E-state index in [0.717, 1.165) is 0 Å². The maximum atomic E-state index is 8.42. The number of aliphatic hydroxyl groups excluding tert-OH is 1. The van der Waals surface area contributed by atoms with Crippen LogP contribution in [0.4, 0.5) is 0 Å². The lowest BCUT2D eigenvalue weighted by atomic mass is 10.4. The van der Waals surface area contributed by atoms with Gasteiger partial charge in [0.25, 0.3) is 0 Å². The van der Waals surface area contributed by atoms with Crippen molar-refractivity contribution in [2.24, 2.45) is 0 Å². The maximum Gasteiger partial charge on any atom is 0.109 e. The van der Waals surface area contributed by atoms with Gasteiger partial charge in [0, 0.05) is 0 Å². The van der Waals surface area contributed by atoms with Crippen LogP contribution in [0.5, 0.6) is 0 Å². The van der Waals surface area contributed by atoms with Gasteiger partial charge in [0.05, 0.1) is 23.8 Å². The molecule has 0 aliphatic rings. The van der Waals surface area contributed by atoms with Gasteiger partial charge in [-0.05, 0) is 15.9 Å². The van der Waals surface area contributed by atoms with E-state index in [1.807, 2.05) is 7.05 Å². The van der Waals surface area contributed by atoms with Crippen LogP contribution in [0, 0.1) is 5.41 Å². The van der Waals surface area contributed by atoms with E-state index in [9.17, 15) is 0 Å². The molecule has 0 spiro atoms. The molecule has 0 rings (SSSR count). The van der Waals surface area contributed by atoms with Gasteiger partial charge < -0.3 is 15.8 Å². The zero-order valence-corrected chi connectivity index (χ0v) is 6.77. The third kappa shape index (κ3) is 3.40. The molecule has 4 heteroatoms. The van der Waals surface area contributed by atoms with Crippen LogP contribution in [0.25, 0.3) is 0 Å². The summed E-state index contributed by atoms with van der Waals surface area (Å²) < 4.78 is 0.632. The molecule has 0 aromatic rings. The Balaban J connectivity index is 3.86. The van der Waals surface area contributed by atoms with Gasteiger partial charge in [-0.2, -0.15) is 0 Å². The van der Waals surface area contributed by atoms with Gasteiger partial charge in [0.2, 0.25) is 0 Å². The summed E-state index contributed by atoms with van der Waals surface area (Å²) in [5, 5.41) is 17.3. The number of quaternary nitrogens is 1. The summed E-state index contributed by atoms with van der Waals surface area (Å²) in [5.74, 6) is 0. The van der Waals surface area contributed by atoms with Crippen LogP contribution < -0.4 is 5.32 Å². The molecule has 0 radical (unpaired) electrons. The smallest absolute Gasteiger partial charge is 0.109 e. The second-order valence-corrected chi connectivity index (χ2v) is 2.34. The van der Waals surface area contributed by atoms with E-state index < -0.39 is 0 Å². The summed E-state index contributed by atoms with van der Waals surface area (Å²) >= 11 is 3.11. The van der Waals surface area contributed by atoms with E-state index in [-0.39, 0.29) is 12.3 Å². The number of rotatable bonds is 3. The second-order valence-electron chi connectivity index (χ2n) is 1.48. The minimum absolute atomic E-state index is 0.202. The van der Waals surface area contributed by atoms with Gasteiger partial charge in [0.1, 0.15) is 6.20 Å². The molecular formula is C5H10BrN2O+. The minimum atomic E-state index is -0.217. The summed E-state index contributed by atoms with van der Waals surface area (Å²) in [5.41, 5.74) is 0.202. The molecular weight excluding hydrogens is 184 g/mol. The Kier molecular flexibility index (Phi) is 4.57. The van der Waals surface area contributed by atoms with E-state index in [0.29, 0.717) is 4.48 Å². The average molecular weight is 194 g/mol. The van der Waals surface area contributed by atoms with Gasteiger partial charge in [-0.15, -0.1) is 0 Å². The number of nitrogens with one attached hydrogen (secondary N) is 1. The lowest BCUT2D eigenvalue weighted by molar-refractivity contribution is -0.556. The Bertz CT molecular complexity index is 133. The third-order valence-corrected chi connectivity index (χ3v) is 1.50. The molecule has 0 heterocycles. The minimum Gasteiger partial charge on any atom is -0.390 e. The van der Waals surface area contributed by atoms with E-state index in [2.05, 4.69) is 15.9 Å². The highest BCUT2D eigenvalue weighted by Gasteiger charge is 1.98. The summed E-state index contributed by atoms with van der Waals surface area (Å²) in [6, 6.07) is 0. The molecule has 0 fully saturated rings. The number of halogens is 1. The van der Waals surface area contributed by atoms with Gasteiger partial charge in [-0.25, -0.2) is 0 Å². The van der Waals surface area contributed by atoms with Gasteiger partial charge in [-0.3, -0.25) is 0 Å². The van der Waals surface area contributed by atoms with Crippen LogP contribution in [0.15, 0.2) is 10.7 Å². The van der Waals surface area contributed by atoms with Crippen molar-refractivity contribution >= 4 is 21.6 Å². The van der Waals surface area contributed by atoms with E-state index in [4.69, 9.17) is 10.5 Å². The summed E-state index contributed by atoms with van der Waals surface area (Å²) in [4.78, 5) is 0. The normalized spacial score (nSPS) is 11.7. The Morgan fingerprint density at radius 2 is 2.44 bits per heavy atom. The molecule has 3 nitrogen and oxygen atoms in total. The maximum absolute atomic E-state index is 8.42. The lowest BCUT2D eigenvalue weighted by Gasteiger charge is -1.92. The van der Waals surface area contributed by atoms with Gasteiger partial charge in [-0.1, -0.05) is 0 Å². The molecule has 9 heavy (non-hydrogen) atoms. The lowest BCUT2D eigenvalue weighted by Crippen LogP contribution is -2.73. The first kappa shape index (κ1) is 8.81. The molecule has 0 aromatic heterocycles. The summed E-state index contributed by atoms with van der Waals surface area (Å²) in [6.07, 6.45) is 1.72. The number of nitrogens with two attached hydrogens (primary N) is 1. The van der Waals surface area contributed by atoms with E-state index >= 15 is 0 Å². The molecule has 0 aromatic carbocycles. The highest BCUT2D eigenvalue weighted by atomic mass is 79.9. The Morgan fingerprint density at radius 3 is 2.78 bits per heavy atom. The predicted octanol–water partition coefficient (Wildman–Crippen LogP) is -0.572. The van der Waals surface area contributed by atoms with Crippen molar-refractivity contribution in [2.75, 3.05) is 13.7 Å². The number of hydrogen-bond donors (Lipinski definition) is 3. The van der Waals surface area contributed by atoms with E-state index in [1.165, 1.54) is 0 Å². The summed E-state index contributed by atoms with van der Waals surface area (Å²) in [7, 11) is 1.85. The molecule has 4 N–H and O–H groups in total. The zero-order valence-electron chi connectivity index (χ0n) is 5.19. The quantitative estimate of drug-likeness (QED) is 0.517. The SMILES string of the molecule is C[NH2+]/C=C(/Br)C(=N)CO. The van der Waals surface area contributed by atoms with Crippen LogP contribution >= 0.6 is 15.9 Å². The Hall–Kier alpha value is -0.190. The van der Waals surface area contributed by atoms with Crippen LogP contribution in [-0.2, 0) is 0 Å². The highest BCUT2D eigenvalue weighted by molar-refractivity contribution is 9.12. The highest BCUT2D eigenvalue weighted by Crippen LogP contribution is 2.01. The zero-order chi connectivity index (χ0) is 7.28. The molecule has 0 amide bonds. The van der Waals surface area contributed by atoms with Gasteiger partial charge in [0.15, 0.2) is 0 Å². The molecule has 0 aliphatic heterocycles. The van der Waals surface area contributed by atoms with Crippen molar-refractivity contribution in [1.29, 1.82) is 5.41 Å². The summed E-state index contributed by atoms with van der Waals surface area (Å²) in [6.45, 7) is -0.217. The fourth-order valence-corrected chi connectivity index (χ4v) is 0.712. The average Bonchev–Trinajstić information content (AvgIpc) is 1.87. The molecule has 0 unspecified atom stereocenters. The van der Waals surface area contributed by atoms with Crippen LogP contribution in [0.3, 0.4) is 0 Å². The first-order valence-electron chi connectivity index (χ1n) is 2.56. The fourth-order valence-electron chi connectivity index (χ4n) is 0.322. The number of hydrogen-bond acceptors (Lipinski definition) is 2. The molecule has 0 aliphatic carbocycles. The topological polar surface area (TPSA) is 60.7 Å². The standard InChI is InChI=1S/C5H9BrN2O/c1-8-2-4(6)5(7)3-9/h2,7-9H,3H2,1H3/p+1/b4-2+,7-5?. The Morgan fingerprint density at radius 1 is 1.89 bits per heavy atom. The molecule has 0 bridgehead atoms. The molecule has 0 saturated heterocycles. The fraction of sp³-hybridized carbons (Fsp3) is 0.400. The molecule has 52 valence electrons. The van der Waals surface area contributed by atoms with Crippen molar-refractivity contribution in [2.45, 2.75) is 0 Å². The molecule has 0 atom stereocenters. The van der Waals surface area contributed by atoms with Crippen molar-refractivity contribution < 1.29 is 10.4 Å². The van der Waals surface area contributed by atoms with Crippen molar-refractivity contribution in [3.63, 3.8) is 0 Å². The predicted molar refractivity (Wildman–Crippen MR) is 39.7 cm³/mol. The van der Waals surface area contributed by atoms with Crippen LogP contribution in [-0.4, -0.2) is 24.5 Å². The monoisotopic (exact) mass is 193 g/mol. The van der Waals surface area contributed by atoms with E-state index in [1.54, 1.807) is 11.5 Å². The van der Waals surface area contributed by atoms with Crippen molar-refractivity contribution in [1.82, 2.24) is 0 Å². The van der Waals surface area contributed by atoms with Crippen molar-refractivity contribution in [3.8, 4) is 0 Å². The second kappa shape index (κ2) is 4.67. The van der Waals surface area contributed by atoms with Crippen molar-refractivity contribution in [3.05, 3.63) is 10.7 Å². The van der Waals surface area contributed by atoms with Crippen LogP contribution in [0.2, 0.25) is 0 Å². The third-order valence-electron chi connectivity index (χ3n) is 0.759.